The monoisotopic (exact) mass is 243 g/mol. The van der Waals surface area contributed by atoms with Crippen LogP contribution in [0.15, 0.2) is 0 Å². The first kappa shape index (κ1) is 14.9. The van der Waals surface area contributed by atoms with E-state index in [0.717, 1.165) is 32.0 Å². The molecule has 1 fully saturated rings. The molecule has 2 N–H and O–H groups in total. The van der Waals surface area contributed by atoms with E-state index in [4.69, 9.17) is 10.5 Å². The lowest BCUT2D eigenvalue weighted by Crippen LogP contribution is -2.46. The first-order chi connectivity index (χ1) is 8.13. The van der Waals surface area contributed by atoms with Gasteiger partial charge in [0.1, 0.15) is 0 Å². The van der Waals surface area contributed by atoms with Crippen LogP contribution in [0.3, 0.4) is 0 Å². The van der Waals surface area contributed by atoms with Crippen LogP contribution in [0.4, 0.5) is 0 Å². The Morgan fingerprint density at radius 3 is 2.53 bits per heavy atom. The molecule has 1 aliphatic rings. The molecular formula is C13H29N3O. The van der Waals surface area contributed by atoms with Crippen molar-refractivity contribution in [2.75, 3.05) is 47.4 Å². The smallest absolute Gasteiger partial charge is 0.0462 e. The number of hydrogen-bond acceptors (Lipinski definition) is 4. The van der Waals surface area contributed by atoms with Crippen molar-refractivity contribution in [3.8, 4) is 0 Å². The molecule has 0 aromatic carbocycles. The van der Waals surface area contributed by atoms with Gasteiger partial charge in [-0.1, -0.05) is 0 Å². The first-order valence-electron chi connectivity index (χ1n) is 6.76. The molecule has 0 bridgehead atoms. The predicted octanol–water partition coefficient (Wildman–Crippen LogP) is 0.766. The molecule has 0 amide bonds. The Labute approximate surface area is 106 Å². The largest absolute Gasteiger partial charge is 0.385 e. The summed E-state index contributed by atoms with van der Waals surface area (Å²) in [6.07, 6.45) is 4.70. The summed E-state index contributed by atoms with van der Waals surface area (Å²) in [5.74, 6) is 0. The molecule has 0 aromatic rings. The van der Waals surface area contributed by atoms with Crippen molar-refractivity contribution in [2.24, 2.45) is 5.73 Å². The zero-order valence-electron chi connectivity index (χ0n) is 11.7. The number of nitrogens with zero attached hydrogens (tertiary/aromatic N) is 2. The lowest BCUT2D eigenvalue weighted by atomic mass is 10.0. The van der Waals surface area contributed by atoms with Crippen LogP contribution in [0.5, 0.6) is 0 Å². The van der Waals surface area contributed by atoms with Crippen molar-refractivity contribution in [2.45, 2.75) is 37.8 Å². The van der Waals surface area contributed by atoms with Crippen molar-refractivity contribution < 1.29 is 4.74 Å². The van der Waals surface area contributed by atoms with Crippen molar-refractivity contribution >= 4 is 0 Å². The van der Waals surface area contributed by atoms with Gasteiger partial charge < -0.3 is 20.3 Å². The van der Waals surface area contributed by atoms with Crippen LogP contribution < -0.4 is 5.73 Å². The zero-order chi connectivity index (χ0) is 12.7. The highest BCUT2D eigenvalue weighted by molar-refractivity contribution is 4.79. The molecule has 0 aromatic heterocycles. The normalized spacial score (nSPS) is 21.0. The SMILES string of the molecule is COCCCC(N)CN1CCC(N(C)C)CC1. The van der Waals surface area contributed by atoms with Crippen LogP contribution in [-0.2, 0) is 4.74 Å². The van der Waals surface area contributed by atoms with Gasteiger partial charge in [0.15, 0.2) is 0 Å². The Kier molecular flexibility index (Phi) is 7.04. The lowest BCUT2D eigenvalue weighted by Gasteiger charge is -2.36. The average Bonchev–Trinajstić information content (AvgIpc) is 2.30. The molecule has 1 atom stereocenters. The van der Waals surface area contributed by atoms with Crippen molar-refractivity contribution in [3.63, 3.8) is 0 Å². The van der Waals surface area contributed by atoms with Crippen LogP contribution in [0.2, 0.25) is 0 Å². The maximum Gasteiger partial charge on any atom is 0.0462 e. The Balaban J connectivity index is 2.12. The van der Waals surface area contributed by atoms with E-state index in [0.29, 0.717) is 6.04 Å². The van der Waals surface area contributed by atoms with E-state index in [-0.39, 0.29) is 0 Å². The molecule has 1 unspecified atom stereocenters. The maximum atomic E-state index is 6.13. The molecule has 4 nitrogen and oxygen atoms in total. The fraction of sp³-hybridized carbons (Fsp3) is 1.00. The third-order valence-electron chi connectivity index (χ3n) is 3.70. The highest BCUT2D eigenvalue weighted by Crippen LogP contribution is 2.14. The minimum atomic E-state index is 0.307. The highest BCUT2D eigenvalue weighted by atomic mass is 16.5. The Morgan fingerprint density at radius 1 is 1.35 bits per heavy atom. The third kappa shape index (κ3) is 5.82. The van der Waals surface area contributed by atoms with Gasteiger partial charge in [-0.3, -0.25) is 0 Å². The molecule has 102 valence electrons. The summed E-state index contributed by atoms with van der Waals surface area (Å²) in [5.41, 5.74) is 6.13. The quantitative estimate of drug-likeness (QED) is 0.671. The van der Waals surface area contributed by atoms with E-state index in [1.165, 1.54) is 25.9 Å². The molecule has 0 spiro atoms. The maximum absolute atomic E-state index is 6.13. The Bertz CT molecular complexity index is 191. The van der Waals surface area contributed by atoms with Crippen molar-refractivity contribution in [3.05, 3.63) is 0 Å². The number of rotatable bonds is 7. The summed E-state index contributed by atoms with van der Waals surface area (Å²) in [4.78, 5) is 4.85. The summed E-state index contributed by atoms with van der Waals surface area (Å²) in [5, 5.41) is 0. The lowest BCUT2D eigenvalue weighted by molar-refractivity contribution is 0.135. The minimum Gasteiger partial charge on any atom is -0.385 e. The van der Waals surface area contributed by atoms with Gasteiger partial charge in [0.25, 0.3) is 0 Å². The molecule has 1 saturated heterocycles. The number of methoxy groups -OCH3 is 1. The van der Waals surface area contributed by atoms with Crippen molar-refractivity contribution in [1.82, 2.24) is 9.80 Å². The molecule has 0 saturated carbocycles. The molecule has 0 radical (unpaired) electrons. The van der Waals surface area contributed by atoms with Gasteiger partial charge in [0.2, 0.25) is 0 Å². The molecule has 1 aliphatic heterocycles. The summed E-state index contributed by atoms with van der Waals surface area (Å²) < 4.78 is 5.05. The van der Waals surface area contributed by atoms with Gasteiger partial charge in [-0.05, 0) is 52.9 Å². The second-order valence-corrected chi connectivity index (χ2v) is 5.39. The van der Waals surface area contributed by atoms with Gasteiger partial charge in [-0.15, -0.1) is 0 Å². The van der Waals surface area contributed by atoms with E-state index >= 15 is 0 Å². The minimum absolute atomic E-state index is 0.307. The topological polar surface area (TPSA) is 41.7 Å². The van der Waals surface area contributed by atoms with Crippen molar-refractivity contribution in [1.29, 1.82) is 0 Å². The summed E-state index contributed by atoms with van der Waals surface area (Å²) in [6.45, 7) is 4.27. The summed E-state index contributed by atoms with van der Waals surface area (Å²) in [7, 11) is 6.10. The number of ether oxygens (including phenoxy) is 1. The van der Waals surface area contributed by atoms with Crippen LogP contribution in [0.25, 0.3) is 0 Å². The fourth-order valence-corrected chi connectivity index (χ4v) is 2.53. The van der Waals surface area contributed by atoms with Crippen LogP contribution in [-0.4, -0.2) is 69.3 Å². The average molecular weight is 243 g/mol. The Hall–Kier alpha value is -0.160. The predicted molar refractivity (Wildman–Crippen MR) is 72.2 cm³/mol. The number of hydrogen-bond donors (Lipinski definition) is 1. The van der Waals surface area contributed by atoms with E-state index in [1.54, 1.807) is 7.11 Å². The Morgan fingerprint density at radius 2 is 2.00 bits per heavy atom. The number of piperidine rings is 1. The third-order valence-corrected chi connectivity index (χ3v) is 3.70. The van der Waals surface area contributed by atoms with E-state index in [1.807, 2.05) is 0 Å². The molecular weight excluding hydrogens is 214 g/mol. The first-order valence-corrected chi connectivity index (χ1v) is 6.76. The number of nitrogens with two attached hydrogens (primary N) is 1. The van der Waals surface area contributed by atoms with Gasteiger partial charge in [0, 0.05) is 32.3 Å². The van der Waals surface area contributed by atoms with Gasteiger partial charge in [-0.25, -0.2) is 0 Å². The standard InChI is InChI=1S/C13H29N3O/c1-15(2)13-6-8-16(9-7-13)11-12(14)5-4-10-17-3/h12-13H,4-11,14H2,1-3H3. The second-order valence-electron chi connectivity index (χ2n) is 5.39. The van der Waals surface area contributed by atoms with E-state index < -0.39 is 0 Å². The van der Waals surface area contributed by atoms with Gasteiger partial charge in [-0.2, -0.15) is 0 Å². The second kappa shape index (κ2) is 8.03. The molecule has 4 heteroatoms. The van der Waals surface area contributed by atoms with E-state index in [9.17, 15) is 0 Å². The summed E-state index contributed by atoms with van der Waals surface area (Å²) in [6, 6.07) is 1.07. The summed E-state index contributed by atoms with van der Waals surface area (Å²) >= 11 is 0. The van der Waals surface area contributed by atoms with E-state index in [2.05, 4.69) is 23.9 Å². The number of likely N-dealkylation sites (tertiary alicyclic amines) is 1. The van der Waals surface area contributed by atoms with Gasteiger partial charge >= 0.3 is 0 Å². The molecule has 17 heavy (non-hydrogen) atoms. The molecule has 0 aliphatic carbocycles. The highest BCUT2D eigenvalue weighted by Gasteiger charge is 2.21. The zero-order valence-corrected chi connectivity index (χ0v) is 11.7. The van der Waals surface area contributed by atoms with Gasteiger partial charge in [0.05, 0.1) is 0 Å². The fourth-order valence-electron chi connectivity index (χ4n) is 2.53. The van der Waals surface area contributed by atoms with Crippen LogP contribution in [0.1, 0.15) is 25.7 Å². The molecule has 1 rings (SSSR count). The molecule has 1 heterocycles. The van der Waals surface area contributed by atoms with Crippen LogP contribution in [0, 0.1) is 0 Å². The van der Waals surface area contributed by atoms with Crippen LogP contribution >= 0.6 is 0 Å².